The molecule has 22 heavy (non-hydrogen) atoms. The minimum Gasteiger partial charge on any atom is -0.444 e. The summed E-state index contributed by atoms with van der Waals surface area (Å²) >= 11 is 0. The van der Waals surface area contributed by atoms with Crippen molar-refractivity contribution in [2.45, 2.75) is 39.8 Å². The highest BCUT2D eigenvalue weighted by molar-refractivity contribution is 6.01. The van der Waals surface area contributed by atoms with Gasteiger partial charge in [0.25, 0.3) is 0 Å². The highest BCUT2D eigenvalue weighted by Gasteiger charge is 2.31. The molecule has 0 unspecified atom stereocenters. The van der Waals surface area contributed by atoms with Crippen molar-refractivity contribution < 1.29 is 19.1 Å². The zero-order chi connectivity index (χ0) is 16.5. The van der Waals surface area contributed by atoms with E-state index >= 15 is 0 Å². The van der Waals surface area contributed by atoms with Gasteiger partial charge < -0.3 is 4.74 Å². The molecule has 0 fully saturated rings. The maximum absolute atomic E-state index is 12.1. The zero-order valence-corrected chi connectivity index (χ0v) is 13.0. The Morgan fingerprint density at radius 2 is 2.00 bits per heavy atom. The van der Waals surface area contributed by atoms with Crippen molar-refractivity contribution in [3.63, 3.8) is 0 Å². The van der Waals surface area contributed by atoms with E-state index < -0.39 is 11.7 Å². The zero-order valence-electron chi connectivity index (χ0n) is 13.0. The van der Waals surface area contributed by atoms with Crippen molar-refractivity contribution in [3.05, 3.63) is 17.5 Å². The van der Waals surface area contributed by atoms with Crippen LogP contribution in [0.25, 0.3) is 0 Å². The van der Waals surface area contributed by atoms with Crippen LogP contribution in [-0.4, -0.2) is 44.8 Å². The van der Waals surface area contributed by atoms with Crippen LogP contribution in [0.2, 0.25) is 0 Å². The maximum atomic E-state index is 12.1. The Bertz CT molecular complexity index is 636. The van der Waals surface area contributed by atoms with Crippen molar-refractivity contribution in [3.8, 4) is 0 Å². The van der Waals surface area contributed by atoms with Gasteiger partial charge in [-0.15, -0.1) is 0 Å². The summed E-state index contributed by atoms with van der Waals surface area (Å²) in [5.41, 5.74) is 0.0997. The highest BCUT2D eigenvalue weighted by Crippen LogP contribution is 2.20. The normalized spacial score (nSPS) is 14.4. The molecule has 8 heteroatoms. The number of carbonyl (C=O) groups excluding carboxylic acids is 3. The fourth-order valence-corrected chi connectivity index (χ4v) is 1.94. The minimum atomic E-state index is -0.645. The summed E-state index contributed by atoms with van der Waals surface area (Å²) in [6.45, 7) is 6.64. The number of aromatic nitrogens is 2. The number of hydrogen-bond donors (Lipinski definition) is 1. The molecule has 0 aromatic carbocycles. The summed E-state index contributed by atoms with van der Waals surface area (Å²) in [5.74, 6) is -0.474. The Kier molecular flexibility index (Phi) is 4.11. The molecule has 2 amide bonds. The molecule has 1 aromatic rings. The first-order valence-corrected chi connectivity index (χ1v) is 6.80. The van der Waals surface area contributed by atoms with Gasteiger partial charge in [-0.25, -0.2) is 14.8 Å². The average molecular weight is 306 g/mol. The Morgan fingerprint density at radius 3 is 2.59 bits per heavy atom. The van der Waals surface area contributed by atoms with Crippen LogP contribution in [-0.2, 0) is 16.1 Å². The van der Waals surface area contributed by atoms with Crippen LogP contribution in [0.1, 0.15) is 43.7 Å². The number of rotatable bonds is 1. The summed E-state index contributed by atoms with van der Waals surface area (Å²) in [6, 6.07) is 0. The third kappa shape index (κ3) is 3.78. The first-order valence-electron chi connectivity index (χ1n) is 6.80. The van der Waals surface area contributed by atoms with Crippen LogP contribution >= 0.6 is 0 Å². The molecule has 1 aliphatic heterocycles. The van der Waals surface area contributed by atoms with Gasteiger partial charge in [-0.1, -0.05) is 0 Å². The number of nitrogens with one attached hydrogen (secondary N) is 1. The van der Waals surface area contributed by atoms with Crippen LogP contribution in [0.4, 0.5) is 10.7 Å². The second kappa shape index (κ2) is 5.70. The number of hydrogen-bond acceptors (Lipinski definition) is 6. The SMILES string of the molecule is CC(=O)Nc1ncc2c(n1)CN(C(=O)OC(C)(C)C)CC2=O. The number of ether oxygens (including phenoxy) is 1. The van der Waals surface area contributed by atoms with E-state index in [0.717, 1.165) is 0 Å². The molecule has 0 atom stereocenters. The van der Waals surface area contributed by atoms with Gasteiger partial charge in [-0.05, 0) is 20.8 Å². The molecule has 1 N–H and O–H groups in total. The summed E-state index contributed by atoms with van der Waals surface area (Å²) in [7, 11) is 0. The Morgan fingerprint density at radius 1 is 1.32 bits per heavy atom. The van der Waals surface area contributed by atoms with E-state index in [1.54, 1.807) is 20.8 Å². The van der Waals surface area contributed by atoms with Gasteiger partial charge in [-0.2, -0.15) is 0 Å². The number of fused-ring (bicyclic) bond motifs is 1. The Balaban J connectivity index is 2.22. The number of amides is 2. The van der Waals surface area contributed by atoms with Crippen molar-refractivity contribution in [1.29, 1.82) is 0 Å². The summed E-state index contributed by atoms with van der Waals surface area (Å²) in [4.78, 5) is 44.5. The molecule has 2 heterocycles. The molecule has 0 saturated carbocycles. The number of nitrogens with zero attached hydrogens (tertiary/aromatic N) is 3. The van der Waals surface area contributed by atoms with Gasteiger partial charge >= 0.3 is 6.09 Å². The van der Waals surface area contributed by atoms with E-state index in [1.807, 2.05) is 0 Å². The van der Waals surface area contributed by atoms with E-state index in [1.165, 1.54) is 18.0 Å². The molecule has 0 spiro atoms. The molecule has 1 aliphatic rings. The Labute approximate surface area is 127 Å². The fraction of sp³-hybridized carbons (Fsp3) is 0.500. The first kappa shape index (κ1) is 15.9. The van der Waals surface area contributed by atoms with Gasteiger partial charge in [0.15, 0.2) is 5.78 Å². The number of carbonyl (C=O) groups is 3. The van der Waals surface area contributed by atoms with Crippen LogP contribution in [0.15, 0.2) is 6.20 Å². The lowest BCUT2D eigenvalue weighted by Gasteiger charge is -2.29. The third-order valence-electron chi connectivity index (χ3n) is 2.78. The maximum Gasteiger partial charge on any atom is 0.411 e. The van der Waals surface area contributed by atoms with Crippen molar-refractivity contribution in [2.75, 3.05) is 11.9 Å². The molecule has 8 nitrogen and oxygen atoms in total. The van der Waals surface area contributed by atoms with E-state index in [4.69, 9.17) is 4.74 Å². The average Bonchev–Trinajstić information content (AvgIpc) is 2.35. The van der Waals surface area contributed by atoms with Crippen LogP contribution < -0.4 is 5.32 Å². The number of Topliss-reactive ketones (excluding diaryl/α,β-unsaturated/α-hetero) is 1. The lowest BCUT2D eigenvalue weighted by molar-refractivity contribution is -0.114. The monoisotopic (exact) mass is 306 g/mol. The lowest BCUT2D eigenvalue weighted by atomic mass is 10.1. The van der Waals surface area contributed by atoms with Gasteiger partial charge in [0.1, 0.15) is 5.60 Å². The van der Waals surface area contributed by atoms with Crippen molar-refractivity contribution in [2.24, 2.45) is 0 Å². The number of anilines is 1. The van der Waals surface area contributed by atoms with Crippen molar-refractivity contribution >= 4 is 23.7 Å². The first-order chi connectivity index (χ1) is 10.2. The van der Waals surface area contributed by atoms with Gasteiger partial charge in [-0.3, -0.25) is 19.8 Å². The minimum absolute atomic E-state index is 0.0786. The molecule has 2 rings (SSSR count). The molecule has 118 valence electrons. The largest absolute Gasteiger partial charge is 0.444 e. The molecule has 0 aliphatic carbocycles. The van der Waals surface area contributed by atoms with E-state index in [9.17, 15) is 14.4 Å². The van der Waals surface area contributed by atoms with Crippen LogP contribution in [0.5, 0.6) is 0 Å². The van der Waals surface area contributed by atoms with Gasteiger partial charge in [0.05, 0.1) is 24.3 Å². The van der Waals surface area contributed by atoms with Gasteiger partial charge in [0.2, 0.25) is 11.9 Å². The molecular weight excluding hydrogens is 288 g/mol. The van der Waals surface area contributed by atoms with Crippen LogP contribution in [0.3, 0.4) is 0 Å². The van der Waals surface area contributed by atoms with E-state index in [2.05, 4.69) is 15.3 Å². The second-order valence-electron chi connectivity index (χ2n) is 5.99. The molecule has 0 bridgehead atoms. The standard InChI is InChI=1S/C14H18N4O4/c1-8(19)16-12-15-5-9-10(17-12)6-18(7-11(9)20)13(21)22-14(2,3)4/h5H,6-7H2,1-4H3,(H,15,16,17,19). The van der Waals surface area contributed by atoms with Crippen molar-refractivity contribution in [1.82, 2.24) is 14.9 Å². The van der Waals surface area contributed by atoms with Gasteiger partial charge in [0, 0.05) is 13.1 Å². The van der Waals surface area contributed by atoms with E-state index in [0.29, 0.717) is 11.3 Å². The van der Waals surface area contributed by atoms with E-state index in [-0.39, 0.29) is 30.7 Å². The molecule has 1 aromatic heterocycles. The number of ketones is 1. The second-order valence-corrected chi connectivity index (χ2v) is 5.99. The fourth-order valence-electron chi connectivity index (χ4n) is 1.94. The highest BCUT2D eigenvalue weighted by atomic mass is 16.6. The quantitative estimate of drug-likeness (QED) is 0.840. The molecule has 0 radical (unpaired) electrons. The summed E-state index contributed by atoms with van der Waals surface area (Å²) in [5, 5.41) is 2.44. The smallest absolute Gasteiger partial charge is 0.411 e. The summed E-state index contributed by atoms with van der Waals surface area (Å²) in [6.07, 6.45) is 0.786. The molecule has 0 saturated heterocycles. The summed E-state index contributed by atoms with van der Waals surface area (Å²) < 4.78 is 5.26. The Hall–Kier alpha value is -2.51. The molecular formula is C14H18N4O4. The predicted molar refractivity (Wildman–Crippen MR) is 77.3 cm³/mol. The predicted octanol–water partition coefficient (Wildman–Crippen LogP) is 1.37. The third-order valence-corrected chi connectivity index (χ3v) is 2.78. The lowest BCUT2D eigenvalue weighted by Crippen LogP contribution is -2.43. The topological polar surface area (TPSA) is 101 Å². The van der Waals surface area contributed by atoms with Crippen LogP contribution in [0, 0.1) is 0 Å².